The van der Waals surface area contributed by atoms with E-state index in [0.717, 1.165) is 36.8 Å². The SMILES string of the molecule is COc1ccc2c3c1O[C@@H]1C(OC(=O)[C@H](C)OC(=O)CCNC(=O)[C@H](CCCCN)NC(C)=O)=CC[C@]4(O)[C@@H](CCC[C@@]314)C2. The smallest absolute Gasteiger partial charge is 0.352 e. The van der Waals surface area contributed by atoms with Gasteiger partial charge in [-0.15, -0.1) is 0 Å². The zero-order valence-electron chi connectivity index (χ0n) is 25.6. The molecule has 5 rings (SSSR count). The minimum absolute atomic E-state index is 0.0296. The van der Waals surface area contributed by atoms with Crippen molar-refractivity contribution in [3.8, 4) is 11.5 Å². The van der Waals surface area contributed by atoms with Crippen molar-refractivity contribution in [3.63, 3.8) is 0 Å². The molecule has 0 saturated heterocycles. The average Bonchev–Trinajstić information content (AvgIpc) is 3.33. The van der Waals surface area contributed by atoms with Gasteiger partial charge in [0.2, 0.25) is 11.8 Å². The zero-order valence-corrected chi connectivity index (χ0v) is 25.6. The number of unbranched alkanes of at least 4 members (excludes halogenated alkanes) is 1. The van der Waals surface area contributed by atoms with Crippen molar-refractivity contribution in [2.75, 3.05) is 20.2 Å². The van der Waals surface area contributed by atoms with E-state index in [0.29, 0.717) is 49.5 Å². The standard InChI is InChI=1S/C32H43N3O9/c1-18(42-25(37)12-16-34-29(38)22(35-19(2)36)8-4-5-15-33)30(39)43-24-11-14-32(40)21-7-6-13-31(32)26-20(17-21)9-10-23(41-3)27(26)44-28(24)31/h9-11,18,21-22,28,40H,4-8,12-17,33H2,1-3H3,(H,34,38)(H,35,36)/t18-,21-,22-,28+,31+,32-/m0/s1. The second kappa shape index (κ2) is 12.8. The van der Waals surface area contributed by atoms with Gasteiger partial charge in [-0.3, -0.25) is 14.4 Å². The Bertz CT molecular complexity index is 1350. The highest BCUT2D eigenvalue weighted by molar-refractivity contribution is 5.87. The molecule has 0 radical (unpaired) electrons. The van der Waals surface area contributed by atoms with Crippen molar-refractivity contribution in [1.29, 1.82) is 0 Å². The van der Waals surface area contributed by atoms with Crippen molar-refractivity contribution in [2.45, 2.75) is 101 Å². The molecule has 1 aliphatic heterocycles. The van der Waals surface area contributed by atoms with Crippen molar-refractivity contribution in [2.24, 2.45) is 11.7 Å². The first kappa shape index (κ1) is 31.8. The van der Waals surface area contributed by atoms with Crippen molar-refractivity contribution in [1.82, 2.24) is 10.6 Å². The molecule has 1 saturated carbocycles. The molecule has 3 aliphatic carbocycles. The van der Waals surface area contributed by atoms with E-state index in [2.05, 4.69) is 10.6 Å². The third kappa shape index (κ3) is 5.53. The first-order valence-corrected chi connectivity index (χ1v) is 15.5. The molecule has 0 unspecified atom stereocenters. The highest BCUT2D eigenvalue weighted by Gasteiger charge is 2.71. The third-order valence-electron chi connectivity index (χ3n) is 9.60. The molecule has 1 spiro atoms. The van der Waals surface area contributed by atoms with Gasteiger partial charge in [0.25, 0.3) is 0 Å². The molecular formula is C32H43N3O9. The van der Waals surface area contributed by atoms with Crippen LogP contribution in [0.15, 0.2) is 24.0 Å². The molecule has 1 aromatic rings. The topological polar surface area (TPSA) is 176 Å². The molecule has 1 heterocycles. The summed E-state index contributed by atoms with van der Waals surface area (Å²) in [5.74, 6) is -0.705. The molecule has 44 heavy (non-hydrogen) atoms. The van der Waals surface area contributed by atoms with Crippen LogP contribution in [-0.4, -0.2) is 72.9 Å². The highest BCUT2D eigenvalue weighted by Crippen LogP contribution is 2.67. The number of esters is 2. The summed E-state index contributed by atoms with van der Waals surface area (Å²) in [5, 5.41) is 17.4. The lowest BCUT2D eigenvalue weighted by Gasteiger charge is -2.59. The number of ether oxygens (including phenoxy) is 4. The van der Waals surface area contributed by atoms with Crippen molar-refractivity contribution < 1.29 is 43.2 Å². The average molecular weight is 614 g/mol. The summed E-state index contributed by atoms with van der Waals surface area (Å²) in [6.07, 6.45) is 4.98. The number of nitrogens with two attached hydrogens (primary N) is 1. The first-order valence-electron chi connectivity index (χ1n) is 15.5. The Morgan fingerprint density at radius 2 is 2.02 bits per heavy atom. The molecule has 12 nitrogen and oxygen atoms in total. The van der Waals surface area contributed by atoms with Gasteiger partial charge < -0.3 is 40.4 Å². The number of methoxy groups -OCH3 is 1. The van der Waals surface area contributed by atoms with Gasteiger partial charge in [-0.05, 0) is 82.0 Å². The van der Waals surface area contributed by atoms with E-state index in [1.165, 1.54) is 13.8 Å². The maximum Gasteiger partial charge on any atom is 0.352 e. The quantitative estimate of drug-likeness (QED) is 0.189. The Morgan fingerprint density at radius 1 is 1.23 bits per heavy atom. The van der Waals surface area contributed by atoms with Crippen molar-refractivity contribution >= 4 is 23.8 Å². The lowest BCUT2D eigenvalue weighted by Crippen LogP contribution is -2.67. The minimum Gasteiger partial charge on any atom is -0.493 e. The summed E-state index contributed by atoms with van der Waals surface area (Å²) >= 11 is 0. The Morgan fingerprint density at radius 3 is 2.75 bits per heavy atom. The largest absolute Gasteiger partial charge is 0.493 e. The number of nitrogens with one attached hydrogen (secondary N) is 2. The molecule has 4 aliphatic rings. The van der Waals surface area contributed by atoms with E-state index in [1.54, 1.807) is 13.2 Å². The summed E-state index contributed by atoms with van der Waals surface area (Å²) in [6.45, 7) is 3.21. The summed E-state index contributed by atoms with van der Waals surface area (Å²) < 4.78 is 23.2. The molecule has 240 valence electrons. The van der Waals surface area contributed by atoms with Gasteiger partial charge in [0.05, 0.1) is 24.5 Å². The van der Waals surface area contributed by atoms with Crippen LogP contribution in [0.2, 0.25) is 0 Å². The van der Waals surface area contributed by atoms with Crippen LogP contribution < -0.4 is 25.8 Å². The van der Waals surface area contributed by atoms with E-state index in [1.807, 2.05) is 12.1 Å². The molecule has 2 amide bonds. The summed E-state index contributed by atoms with van der Waals surface area (Å²) in [6, 6.07) is 3.19. The maximum absolute atomic E-state index is 13.1. The molecule has 5 N–H and O–H groups in total. The predicted molar refractivity (Wildman–Crippen MR) is 158 cm³/mol. The van der Waals surface area contributed by atoms with E-state index in [4.69, 9.17) is 24.7 Å². The van der Waals surface area contributed by atoms with E-state index < -0.39 is 47.1 Å². The number of carbonyl (C=O) groups excluding carboxylic acids is 4. The molecule has 0 aromatic heterocycles. The van der Waals surface area contributed by atoms with Gasteiger partial charge in [-0.2, -0.15) is 0 Å². The lowest BCUT2D eigenvalue weighted by molar-refractivity contribution is -0.171. The molecule has 1 fully saturated rings. The highest BCUT2D eigenvalue weighted by atomic mass is 16.6. The normalized spacial score (nSPS) is 27.1. The van der Waals surface area contributed by atoms with Crippen LogP contribution in [0.1, 0.15) is 76.3 Å². The van der Waals surface area contributed by atoms with E-state index >= 15 is 0 Å². The summed E-state index contributed by atoms with van der Waals surface area (Å²) in [5.41, 5.74) is 5.78. The second-order valence-corrected chi connectivity index (χ2v) is 12.3. The lowest BCUT2D eigenvalue weighted by atomic mass is 9.47. The first-order chi connectivity index (χ1) is 21.0. The Labute approximate surface area is 257 Å². The number of rotatable bonds is 13. The van der Waals surface area contributed by atoms with Crippen LogP contribution >= 0.6 is 0 Å². The van der Waals surface area contributed by atoms with Gasteiger partial charge in [-0.1, -0.05) is 12.5 Å². The number of hydrogen-bond donors (Lipinski definition) is 4. The zero-order chi connectivity index (χ0) is 31.6. The fourth-order valence-electron chi connectivity index (χ4n) is 7.60. The number of carbonyl (C=O) groups is 4. The fraction of sp³-hybridized carbons (Fsp3) is 0.625. The predicted octanol–water partition coefficient (Wildman–Crippen LogP) is 1.68. The van der Waals surface area contributed by atoms with Gasteiger partial charge in [0.1, 0.15) is 11.8 Å². The summed E-state index contributed by atoms with van der Waals surface area (Å²) in [7, 11) is 1.57. The number of hydrogen-bond acceptors (Lipinski definition) is 10. The molecule has 2 bridgehead atoms. The van der Waals surface area contributed by atoms with Crippen LogP contribution in [-0.2, 0) is 40.5 Å². The fourth-order valence-corrected chi connectivity index (χ4v) is 7.60. The number of benzene rings is 1. The van der Waals surface area contributed by atoms with Gasteiger partial charge in [0.15, 0.2) is 23.7 Å². The number of amides is 2. The Kier molecular flexibility index (Phi) is 9.22. The van der Waals surface area contributed by atoms with Crippen LogP contribution in [0.5, 0.6) is 11.5 Å². The molecular weight excluding hydrogens is 570 g/mol. The van der Waals surface area contributed by atoms with Crippen LogP contribution in [0.4, 0.5) is 0 Å². The monoisotopic (exact) mass is 613 g/mol. The Balaban J connectivity index is 1.20. The van der Waals surface area contributed by atoms with Crippen LogP contribution in [0.25, 0.3) is 0 Å². The third-order valence-corrected chi connectivity index (χ3v) is 9.60. The van der Waals surface area contributed by atoms with Gasteiger partial charge in [0, 0.05) is 19.0 Å². The Hall–Kier alpha value is -3.64. The molecule has 12 heteroatoms. The summed E-state index contributed by atoms with van der Waals surface area (Å²) in [4.78, 5) is 49.7. The van der Waals surface area contributed by atoms with Crippen LogP contribution in [0, 0.1) is 5.92 Å². The maximum atomic E-state index is 13.1. The number of aliphatic hydroxyl groups is 1. The van der Waals surface area contributed by atoms with Crippen LogP contribution in [0.3, 0.4) is 0 Å². The van der Waals surface area contributed by atoms with E-state index in [9.17, 15) is 24.3 Å². The van der Waals surface area contributed by atoms with Crippen molar-refractivity contribution in [3.05, 3.63) is 35.1 Å². The minimum atomic E-state index is -1.22. The van der Waals surface area contributed by atoms with Gasteiger partial charge >= 0.3 is 11.9 Å². The van der Waals surface area contributed by atoms with Gasteiger partial charge in [-0.25, -0.2) is 4.79 Å². The molecule has 1 aromatic carbocycles. The molecule has 6 atom stereocenters. The second-order valence-electron chi connectivity index (χ2n) is 12.3. The van der Waals surface area contributed by atoms with E-state index in [-0.39, 0.29) is 24.8 Å².